The molecule has 2 aromatic carbocycles. The van der Waals surface area contributed by atoms with E-state index in [0.717, 1.165) is 27.1 Å². The third kappa shape index (κ3) is 3.12. The van der Waals surface area contributed by atoms with Crippen LogP contribution >= 0.6 is 50.7 Å². The average molecular weight is 424 g/mol. The molecule has 8 heteroatoms. The number of halogens is 4. The highest BCUT2D eigenvalue weighted by molar-refractivity contribution is 9.10. The molecule has 2 aromatic rings. The molecule has 0 bridgehead atoms. The molecule has 0 atom stereocenters. The zero-order valence-electron chi connectivity index (χ0n) is 10.3. The van der Waals surface area contributed by atoms with E-state index in [1.165, 1.54) is 0 Å². The Morgan fingerprint density at radius 1 is 1.00 bits per heavy atom. The summed E-state index contributed by atoms with van der Waals surface area (Å²) in [4.78, 5) is 0. The molecule has 3 rings (SSSR count). The van der Waals surface area contributed by atoms with Crippen molar-refractivity contribution in [3.05, 3.63) is 49.4 Å². The summed E-state index contributed by atoms with van der Waals surface area (Å²) in [6, 6.07) is 7.44. The lowest BCUT2D eigenvalue weighted by molar-refractivity contribution is 1.15. The van der Waals surface area contributed by atoms with Crippen molar-refractivity contribution in [2.24, 2.45) is 8.73 Å². The molecule has 0 amide bonds. The Morgan fingerprint density at radius 3 is 2.52 bits per heavy atom. The molecule has 0 unspecified atom stereocenters. The van der Waals surface area contributed by atoms with E-state index in [1.54, 1.807) is 6.07 Å². The summed E-state index contributed by atoms with van der Waals surface area (Å²) in [6.45, 7) is 0.570. The monoisotopic (exact) mass is 421 g/mol. The molecule has 0 radical (unpaired) electrons. The van der Waals surface area contributed by atoms with Gasteiger partial charge < -0.3 is 5.32 Å². The van der Waals surface area contributed by atoms with Gasteiger partial charge in [-0.3, -0.25) is 0 Å². The van der Waals surface area contributed by atoms with Crippen molar-refractivity contribution in [2.75, 3.05) is 5.32 Å². The van der Waals surface area contributed by atoms with E-state index in [1.807, 2.05) is 18.2 Å². The fraction of sp³-hybridized carbons (Fsp3) is 0.0769. The molecular weight excluding hydrogens is 416 g/mol. The van der Waals surface area contributed by atoms with Gasteiger partial charge in [0, 0.05) is 11.0 Å². The second-order valence-corrected chi connectivity index (χ2v) is 6.88. The molecule has 1 N–H and O–H groups in total. The molecule has 108 valence electrons. The molecule has 3 nitrogen and oxygen atoms in total. The maximum absolute atomic E-state index is 6.24. The highest BCUT2D eigenvalue weighted by atomic mass is 79.9. The van der Waals surface area contributed by atoms with Crippen LogP contribution in [-0.2, 0) is 17.9 Å². The first-order valence-corrected chi connectivity index (χ1v) is 8.50. The number of rotatable bonds is 3. The fourth-order valence-electron chi connectivity index (χ4n) is 1.88. The SMILES string of the molecule is Clc1cc(CNc2c(Cl)cc(Cl)c3c2N=S=N3)ccc1Br. The van der Waals surface area contributed by atoms with Crippen LogP contribution in [0.5, 0.6) is 0 Å². The number of fused-ring (bicyclic) bond motifs is 1. The molecule has 1 heterocycles. The topological polar surface area (TPSA) is 36.8 Å². The molecule has 1 aliphatic heterocycles. The van der Waals surface area contributed by atoms with E-state index in [-0.39, 0.29) is 0 Å². The van der Waals surface area contributed by atoms with Gasteiger partial charge in [0.15, 0.2) is 0 Å². The first-order valence-electron chi connectivity index (χ1n) is 5.84. The summed E-state index contributed by atoms with van der Waals surface area (Å²) >= 11 is 22.9. The van der Waals surface area contributed by atoms with E-state index in [0.29, 0.717) is 33.0 Å². The van der Waals surface area contributed by atoms with E-state index in [9.17, 15) is 0 Å². The second-order valence-electron chi connectivity index (χ2n) is 4.28. The van der Waals surface area contributed by atoms with Crippen molar-refractivity contribution >= 4 is 79.1 Å². The van der Waals surface area contributed by atoms with Gasteiger partial charge in [-0.25, -0.2) is 0 Å². The minimum atomic E-state index is 0.501. The summed E-state index contributed by atoms with van der Waals surface area (Å²) in [7, 11) is 0. The summed E-state index contributed by atoms with van der Waals surface area (Å²) in [5, 5.41) is 4.95. The number of nitrogens with one attached hydrogen (secondary N) is 1. The Morgan fingerprint density at radius 2 is 1.76 bits per heavy atom. The number of anilines is 1. The highest BCUT2D eigenvalue weighted by Crippen LogP contribution is 2.47. The van der Waals surface area contributed by atoms with Gasteiger partial charge in [0.1, 0.15) is 11.4 Å². The van der Waals surface area contributed by atoms with Crippen LogP contribution in [0.25, 0.3) is 0 Å². The number of hydrogen-bond donors (Lipinski definition) is 1. The summed E-state index contributed by atoms with van der Waals surface area (Å²) in [5.41, 5.74) is 3.09. The molecule has 0 aliphatic carbocycles. The zero-order valence-corrected chi connectivity index (χ0v) is 15.0. The van der Waals surface area contributed by atoms with Gasteiger partial charge in [-0.05, 0) is 39.7 Å². The van der Waals surface area contributed by atoms with Crippen molar-refractivity contribution in [1.82, 2.24) is 0 Å². The normalized spacial score (nSPS) is 12.2. The molecule has 0 spiro atoms. The molecule has 1 aliphatic rings. The first kappa shape index (κ1) is 15.3. The lowest BCUT2D eigenvalue weighted by Gasteiger charge is -2.12. The lowest BCUT2D eigenvalue weighted by Crippen LogP contribution is -2.00. The molecular formula is C13H7BrCl3N3S. The van der Waals surface area contributed by atoms with Gasteiger partial charge in [0.2, 0.25) is 0 Å². The van der Waals surface area contributed by atoms with Crippen molar-refractivity contribution in [3.63, 3.8) is 0 Å². The van der Waals surface area contributed by atoms with Crippen LogP contribution < -0.4 is 5.32 Å². The van der Waals surface area contributed by atoms with Crippen molar-refractivity contribution in [1.29, 1.82) is 0 Å². The van der Waals surface area contributed by atoms with Gasteiger partial charge in [0.05, 0.1) is 32.1 Å². The quantitative estimate of drug-likeness (QED) is 0.497. The molecule has 0 aromatic heterocycles. The van der Waals surface area contributed by atoms with Gasteiger partial charge in [-0.1, -0.05) is 40.9 Å². The van der Waals surface area contributed by atoms with E-state index in [2.05, 4.69) is 30.0 Å². The third-order valence-electron chi connectivity index (χ3n) is 2.90. The summed E-state index contributed by atoms with van der Waals surface area (Å²) in [6.07, 6.45) is 0. The summed E-state index contributed by atoms with van der Waals surface area (Å²) in [5.74, 6) is 0. The van der Waals surface area contributed by atoms with Crippen LogP contribution in [-0.4, -0.2) is 0 Å². The van der Waals surface area contributed by atoms with Crippen LogP contribution in [0.3, 0.4) is 0 Å². The molecule has 0 saturated carbocycles. The maximum Gasteiger partial charge on any atom is 0.130 e. The van der Waals surface area contributed by atoms with Crippen molar-refractivity contribution in [3.8, 4) is 0 Å². The average Bonchev–Trinajstić information content (AvgIpc) is 2.92. The lowest BCUT2D eigenvalue weighted by atomic mass is 10.2. The smallest absolute Gasteiger partial charge is 0.130 e. The second kappa shape index (κ2) is 6.26. The first-order chi connectivity index (χ1) is 10.1. The Labute approximate surface area is 148 Å². The van der Waals surface area contributed by atoms with Gasteiger partial charge in [-0.2, -0.15) is 8.73 Å². The third-order valence-corrected chi connectivity index (χ3v) is 5.24. The number of nitrogens with zero attached hydrogens (tertiary/aromatic N) is 2. The predicted molar refractivity (Wildman–Crippen MR) is 94.5 cm³/mol. The molecule has 21 heavy (non-hydrogen) atoms. The molecule has 0 saturated heterocycles. The van der Waals surface area contributed by atoms with Crippen LogP contribution in [0, 0.1) is 0 Å². The highest BCUT2D eigenvalue weighted by Gasteiger charge is 2.18. The Hall–Kier alpha value is -0.590. The molecule has 0 fully saturated rings. The number of hydrogen-bond acceptors (Lipinski definition) is 3. The van der Waals surface area contributed by atoms with Crippen LogP contribution in [0.4, 0.5) is 17.1 Å². The maximum atomic E-state index is 6.24. The Balaban J connectivity index is 1.88. The van der Waals surface area contributed by atoms with E-state index < -0.39 is 0 Å². The Kier molecular flexibility index (Phi) is 4.57. The fourth-order valence-corrected chi connectivity index (χ4v) is 3.51. The van der Waals surface area contributed by atoms with Gasteiger partial charge >= 0.3 is 0 Å². The van der Waals surface area contributed by atoms with E-state index in [4.69, 9.17) is 34.8 Å². The van der Waals surface area contributed by atoms with Crippen molar-refractivity contribution < 1.29 is 0 Å². The predicted octanol–water partition coefficient (Wildman–Crippen LogP) is 6.75. The Bertz CT molecular complexity index is 804. The minimum Gasteiger partial charge on any atom is -0.378 e. The number of benzene rings is 2. The van der Waals surface area contributed by atoms with Gasteiger partial charge in [-0.15, -0.1) is 0 Å². The minimum absolute atomic E-state index is 0.501. The zero-order chi connectivity index (χ0) is 15.0. The van der Waals surface area contributed by atoms with Gasteiger partial charge in [0.25, 0.3) is 0 Å². The van der Waals surface area contributed by atoms with Crippen LogP contribution in [0.2, 0.25) is 15.1 Å². The van der Waals surface area contributed by atoms with Crippen LogP contribution in [0.15, 0.2) is 37.5 Å². The summed E-state index contributed by atoms with van der Waals surface area (Å²) < 4.78 is 9.29. The standard InChI is InChI=1S/C13H7BrCl3N3S/c14-7-2-1-6(3-8(7)15)5-18-11-9(16)4-10(17)12-13(11)20-21-19-12/h1-4,18H,5H2. The van der Waals surface area contributed by atoms with Crippen LogP contribution in [0.1, 0.15) is 5.56 Å². The van der Waals surface area contributed by atoms with Crippen molar-refractivity contribution in [2.45, 2.75) is 6.54 Å². The van der Waals surface area contributed by atoms with E-state index >= 15 is 0 Å². The largest absolute Gasteiger partial charge is 0.378 e.